The van der Waals surface area contributed by atoms with Crippen LogP contribution in [0.2, 0.25) is 0 Å². The maximum Gasteiger partial charge on any atom is 0.254 e. The summed E-state index contributed by atoms with van der Waals surface area (Å²) in [5.74, 6) is -0.723. The van der Waals surface area contributed by atoms with Gasteiger partial charge in [-0.2, -0.15) is 0 Å². The number of likely N-dealkylation sites (tertiary alicyclic amines) is 1. The minimum Gasteiger partial charge on any atom is -0.349 e. The molecule has 130 valence electrons. The minimum atomic E-state index is -0.429. The molecule has 2 amide bonds. The van der Waals surface area contributed by atoms with Crippen molar-refractivity contribution in [2.45, 2.75) is 18.9 Å². The van der Waals surface area contributed by atoms with E-state index in [9.17, 15) is 14.0 Å². The molecule has 0 spiro atoms. The van der Waals surface area contributed by atoms with Gasteiger partial charge in [0.25, 0.3) is 11.8 Å². The molecule has 0 radical (unpaired) electrons. The van der Waals surface area contributed by atoms with Crippen LogP contribution in [-0.4, -0.2) is 35.8 Å². The number of hydrogen-bond acceptors (Lipinski definition) is 2. The summed E-state index contributed by atoms with van der Waals surface area (Å²) < 4.78 is 14.0. The largest absolute Gasteiger partial charge is 0.349 e. The van der Waals surface area contributed by atoms with Gasteiger partial charge in [-0.25, -0.2) is 4.39 Å². The zero-order chi connectivity index (χ0) is 17.8. The second kappa shape index (κ2) is 7.78. The summed E-state index contributed by atoms with van der Waals surface area (Å²) in [7, 11) is 0. The smallest absolute Gasteiger partial charge is 0.254 e. The van der Waals surface area contributed by atoms with Crippen molar-refractivity contribution in [2.24, 2.45) is 0 Å². The fourth-order valence-corrected chi connectivity index (χ4v) is 3.38. The molecule has 1 saturated heterocycles. The van der Waals surface area contributed by atoms with Crippen LogP contribution < -0.4 is 5.32 Å². The highest BCUT2D eigenvalue weighted by Crippen LogP contribution is 2.20. The van der Waals surface area contributed by atoms with Gasteiger partial charge in [-0.1, -0.05) is 18.2 Å². The van der Waals surface area contributed by atoms with Gasteiger partial charge in [0.1, 0.15) is 5.82 Å². The van der Waals surface area contributed by atoms with E-state index in [2.05, 4.69) is 21.2 Å². The lowest BCUT2D eigenvalue weighted by Gasteiger charge is -2.32. The van der Waals surface area contributed by atoms with Crippen molar-refractivity contribution in [1.29, 1.82) is 0 Å². The van der Waals surface area contributed by atoms with Gasteiger partial charge in [-0.15, -0.1) is 0 Å². The lowest BCUT2D eigenvalue weighted by Crippen LogP contribution is -2.46. The summed E-state index contributed by atoms with van der Waals surface area (Å²) in [6.07, 6.45) is 1.36. The van der Waals surface area contributed by atoms with Crippen LogP contribution in [0.25, 0.3) is 0 Å². The molecular weight excluding hydrogens is 387 g/mol. The Balaban J connectivity index is 1.56. The van der Waals surface area contributed by atoms with Gasteiger partial charge in [0.05, 0.1) is 5.56 Å². The van der Waals surface area contributed by atoms with Crippen molar-refractivity contribution in [3.63, 3.8) is 0 Å². The van der Waals surface area contributed by atoms with E-state index in [1.165, 1.54) is 18.2 Å². The number of piperidine rings is 1. The summed E-state index contributed by atoms with van der Waals surface area (Å²) in [6.45, 7) is 1.16. The second-order valence-electron chi connectivity index (χ2n) is 6.03. The lowest BCUT2D eigenvalue weighted by atomic mass is 10.0. The van der Waals surface area contributed by atoms with E-state index in [1.54, 1.807) is 17.0 Å². The predicted octanol–water partition coefficient (Wildman–Crippen LogP) is 3.62. The molecule has 1 N–H and O–H groups in total. The van der Waals surface area contributed by atoms with Gasteiger partial charge >= 0.3 is 0 Å². The Morgan fingerprint density at radius 1 is 1.08 bits per heavy atom. The first-order valence-electron chi connectivity index (χ1n) is 8.15. The quantitative estimate of drug-likeness (QED) is 0.848. The molecule has 3 rings (SSSR count). The number of amides is 2. The third-order valence-corrected chi connectivity index (χ3v) is 5.00. The standard InChI is InChI=1S/C19H18BrFN2O2/c20-17-7-2-1-6-16(17)19(25)23-10-8-15(9-11-23)22-18(24)13-4-3-5-14(21)12-13/h1-7,12,15H,8-11H2,(H,22,24). The summed E-state index contributed by atoms with van der Waals surface area (Å²) in [5, 5.41) is 2.92. The zero-order valence-corrected chi connectivity index (χ0v) is 15.1. The van der Waals surface area contributed by atoms with Gasteiger partial charge in [0.15, 0.2) is 0 Å². The van der Waals surface area contributed by atoms with E-state index in [4.69, 9.17) is 0 Å². The maximum absolute atomic E-state index is 13.2. The normalized spacial score (nSPS) is 15.0. The molecule has 0 aliphatic carbocycles. The Morgan fingerprint density at radius 2 is 1.80 bits per heavy atom. The fraction of sp³-hybridized carbons (Fsp3) is 0.263. The number of halogens is 2. The minimum absolute atomic E-state index is 0.0117. The Bertz CT molecular complexity index is 788. The van der Waals surface area contributed by atoms with E-state index in [0.29, 0.717) is 37.1 Å². The number of nitrogens with zero attached hydrogens (tertiary/aromatic N) is 1. The topological polar surface area (TPSA) is 49.4 Å². The van der Waals surface area contributed by atoms with Crippen molar-refractivity contribution < 1.29 is 14.0 Å². The summed E-state index contributed by atoms with van der Waals surface area (Å²) in [5.41, 5.74) is 0.955. The Hall–Kier alpha value is -2.21. The zero-order valence-electron chi connectivity index (χ0n) is 13.5. The Morgan fingerprint density at radius 3 is 2.48 bits per heavy atom. The van der Waals surface area contributed by atoms with Crippen molar-refractivity contribution in [2.75, 3.05) is 13.1 Å². The number of carbonyl (C=O) groups excluding carboxylic acids is 2. The average Bonchev–Trinajstić information content (AvgIpc) is 2.62. The first-order chi connectivity index (χ1) is 12.0. The third kappa shape index (κ3) is 4.25. The van der Waals surface area contributed by atoms with Gasteiger partial charge in [0.2, 0.25) is 0 Å². The monoisotopic (exact) mass is 404 g/mol. The van der Waals surface area contributed by atoms with E-state index < -0.39 is 5.82 Å². The van der Waals surface area contributed by atoms with Crippen LogP contribution in [0.1, 0.15) is 33.6 Å². The molecule has 1 aliphatic rings. The molecular formula is C19H18BrFN2O2. The lowest BCUT2D eigenvalue weighted by molar-refractivity contribution is 0.0697. The molecule has 0 atom stereocenters. The van der Waals surface area contributed by atoms with Gasteiger partial charge in [-0.3, -0.25) is 9.59 Å². The number of carbonyl (C=O) groups is 2. The molecule has 0 aromatic heterocycles. The van der Waals surface area contributed by atoms with Crippen LogP contribution in [-0.2, 0) is 0 Å². The molecule has 2 aromatic rings. The molecule has 0 saturated carbocycles. The predicted molar refractivity (Wildman–Crippen MR) is 96.9 cm³/mol. The van der Waals surface area contributed by atoms with E-state index in [1.807, 2.05) is 18.2 Å². The molecule has 25 heavy (non-hydrogen) atoms. The molecule has 6 heteroatoms. The molecule has 2 aromatic carbocycles. The summed E-state index contributed by atoms with van der Waals surface area (Å²) in [6, 6.07) is 13.0. The second-order valence-corrected chi connectivity index (χ2v) is 6.88. The highest BCUT2D eigenvalue weighted by molar-refractivity contribution is 9.10. The van der Waals surface area contributed by atoms with Crippen LogP contribution in [0, 0.1) is 5.82 Å². The Kier molecular flexibility index (Phi) is 5.48. The highest BCUT2D eigenvalue weighted by Gasteiger charge is 2.25. The van der Waals surface area contributed by atoms with Crippen molar-refractivity contribution in [1.82, 2.24) is 10.2 Å². The van der Waals surface area contributed by atoms with Gasteiger partial charge in [0, 0.05) is 29.2 Å². The molecule has 1 heterocycles. The van der Waals surface area contributed by atoms with Crippen LogP contribution in [0.3, 0.4) is 0 Å². The summed E-state index contributed by atoms with van der Waals surface area (Å²) >= 11 is 3.40. The highest BCUT2D eigenvalue weighted by atomic mass is 79.9. The van der Waals surface area contributed by atoms with E-state index in [0.717, 1.165) is 4.47 Å². The first kappa shape index (κ1) is 17.6. The van der Waals surface area contributed by atoms with Gasteiger partial charge in [-0.05, 0) is 59.1 Å². The Labute approximate surface area is 154 Å². The van der Waals surface area contributed by atoms with Crippen LogP contribution in [0.15, 0.2) is 53.0 Å². The van der Waals surface area contributed by atoms with Crippen molar-refractivity contribution >= 4 is 27.7 Å². The number of rotatable bonds is 3. The van der Waals surface area contributed by atoms with Crippen LogP contribution in [0.5, 0.6) is 0 Å². The molecule has 0 bridgehead atoms. The molecule has 0 unspecified atom stereocenters. The number of benzene rings is 2. The maximum atomic E-state index is 13.2. The number of hydrogen-bond donors (Lipinski definition) is 1. The van der Waals surface area contributed by atoms with Crippen LogP contribution >= 0.6 is 15.9 Å². The first-order valence-corrected chi connectivity index (χ1v) is 8.94. The molecule has 1 fully saturated rings. The van der Waals surface area contributed by atoms with E-state index >= 15 is 0 Å². The molecule has 4 nitrogen and oxygen atoms in total. The SMILES string of the molecule is O=C(NC1CCN(C(=O)c2ccccc2Br)CC1)c1cccc(F)c1. The molecule has 1 aliphatic heterocycles. The van der Waals surface area contributed by atoms with Crippen molar-refractivity contribution in [3.05, 3.63) is 69.9 Å². The summed E-state index contributed by atoms with van der Waals surface area (Å²) in [4.78, 5) is 26.6. The third-order valence-electron chi connectivity index (χ3n) is 4.31. The van der Waals surface area contributed by atoms with Gasteiger partial charge < -0.3 is 10.2 Å². The average molecular weight is 405 g/mol. The fourth-order valence-electron chi connectivity index (χ4n) is 2.93. The van der Waals surface area contributed by atoms with Crippen LogP contribution in [0.4, 0.5) is 4.39 Å². The number of nitrogens with one attached hydrogen (secondary N) is 1. The van der Waals surface area contributed by atoms with Crippen molar-refractivity contribution in [3.8, 4) is 0 Å². The van der Waals surface area contributed by atoms with E-state index in [-0.39, 0.29) is 17.9 Å².